The number of aliphatic hydroxyl groups is 1. The summed E-state index contributed by atoms with van der Waals surface area (Å²) in [6.07, 6.45) is 0. The van der Waals surface area contributed by atoms with Gasteiger partial charge in [0.1, 0.15) is 11.6 Å². The average Bonchev–Trinajstić information content (AvgIpc) is 2.16. The van der Waals surface area contributed by atoms with Crippen molar-refractivity contribution in [3.05, 3.63) is 29.6 Å². The lowest BCUT2D eigenvalue weighted by Crippen LogP contribution is -2.17. The lowest BCUT2D eigenvalue weighted by Gasteiger charge is -2.13. The Hall–Kier alpha value is -0.840. The van der Waals surface area contributed by atoms with Crippen molar-refractivity contribution in [1.29, 1.82) is 0 Å². The molecule has 1 aromatic rings. The number of ether oxygens (including phenoxy) is 1. The van der Waals surface area contributed by atoms with E-state index >= 15 is 0 Å². The number of nitrogens with two attached hydrogens (primary N) is 1. The Morgan fingerprint density at radius 2 is 2.21 bits per heavy atom. The molecule has 80 valence electrons. The van der Waals surface area contributed by atoms with Gasteiger partial charge in [-0.15, -0.1) is 12.4 Å². The Kier molecular flexibility index (Phi) is 5.45. The molecule has 0 saturated carbocycles. The molecule has 0 fully saturated rings. The van der Waals surface area contributed by atoms with Gasteiger partial charge < -0.3 is 15.6 Å². The molecular formula is C9H13ClFNO2. The highest BCUT2D eigenvalue weighted by molar-refractivity contribution is 5.85. The molecule has 0 radical (unpaired) electrons. The zero-order chi connectivity index (χ0) is 9.84. The van der Waals surface area contributed by atoms with Gasteiger partial charge in [-0.05, 0) is 12.1 Å². The molecule has 0 aromatic heterocycles. The van der Waals surface area contributed by atoms with Crippen LogP contribution in [-0.2, 0) is 0 Å². The highest BCUT2D eigenvalue weighted by Gasteiger charge is 2.15. The Labute approximate surface area is 88.1 Å². The van der Waals surface area contributed by atoms with Gasteiger partial charge in [-0.25, -0.2) is 4.39 Å². The summed E-state index contributed by atoms with van der Waals surface area (Å²) in [5, 5.41) is 8.79. The Morgan fingerprint density at radius 1 is 1.57 bits per heavy atom. The van der Waals surface area contributed by atoms with Gasteiger partial charge >= 0.3 is 0 Å². The van der Waals surface area contributed by atoms with Crippen LogP contribution in [0.4, 0.5) is 4.39 Å². The molecule has 0 bridgehead atoms. The van der Waals surface area contributed by atoms with E-state index in [1.165, 1.54) is 19.2 Å². The number of benzene rings is 1. The molecule has 0 aliphatic heterocycles. The van der Waals surface area contributed by atoms with E-state index in [0.717, 1.165) is 0 Å². The zero-order valence-corrected chi connectivity index (χ0v) is 8.55. The van der Waals surface area contributed by atoms with Gasteiger partial charge in [-0.1, -0.05) is 6.07 Å². The SMILES string of the molecule is COc1cccc(F)c1[C@@H](N)CO.Cl. The molecule has 0 amide bonds. The smallest absolute Gasteiger partial charge is 0.131 e. The van der Waals surface area contributed by atoms with Crippen molar-refractivity contribution in [3.63, 3.8) is 0 Å². The van der Waals surface area contributed by atoms with Crippen molar-refractivity contribution >= 4 is 12.4 Å². The second-order valence-corrected chi connectivity index (χ2v) is 2.64. The molecule has 0 unspecified atom stereocenters. The molecule has 0 spiro atoms. The zero-order valence-electron chi connectivity index (χ0n) is 7.74. The fourth-order valence-corrected chi connectivity index (χ4v) is 1.15. The second kappa shape index (κ2) is 5.80. The van der Waals surface area contributed by atoms with Gasteiger partial charge in [0, 0.05) is 5.56 Å². The molecule has 0 saturated heterocycles. The molecule has 0 aliphatic carbocycles. The topological polar surface area (TPSA) is 55.5 Å². The van der Waals surface area contributed by atoms with E-state index in [1.54, 1.807) is 6.07 Å². The van der Waals surface area contributed by atoms with Crippen LogP contribution in [0.15, 0.2) is 18.2 Å². The van der Waals surface area contributed by atoms with E-state index in [9.17, 15) is 4.39 Å². The number of methoxy groups -OCH3 is 1. The predicted molar refractivity (Wildman–Crippen MR) is 54.2 cm³/mol. The van der Waals surface area contributed by atoms with Crippen LogP contribution in [0.1, 0.15) is 11.6 Å². The van der Waals surface area contributed by atoms with Crippen LogP contribution in [0.3, 0.4) is 0 Å². The fraction of sp³-hybridized carbons (Fsp3) is 0.333. The van der Waals surface area contributed by atoms with Gasteiger partial charge in [0.05, 0.1) is 19.8 Å². The van der Waals surface area contributed by atoms with Crippen molar-refractivity contribution in [2.45, 2.75) is 6.04 Å². The normalized spacial score (nSPS) is 11.7. The van der Waals surface area contributed by atoms with Crippen molar-refractivity contribution in [2.24, 2.45) is 5.73 Å². The molecule has 0 heterocycles. The standard InChI is InChI=1S/C9H12FNO2.ClH/c1-13-8-4-2-3-6(10)9(8)7(11)5-12;/h2-4,7,12H,5,11H2,1H3;1H/t7-;/m0./s1. The summed E-state index contributed by atoms with van der Waals surface area (Å²) >= 11 is 0. The third kappa shape index (κ3) is 2.57. The first-order valence-corrected chi connectivity index (χ1v) is 3.89. The first kappa shape index (κ1) is 13.2. The summed E-state index contributed by atoms with van der Waals surface area (Å²) in [7, 11) is 1.43. The first-order valence-electron chi connectivity index (χ1n) is 3.89. The van der Waals surface area contributed by atoms with E-state index in [4.69, 9.17) is 15.6 Å². The maximum atomic E-state index is 13.2. The molecule has 1 aromatic carbocycles. The maximum Gasteiger partial charge on any atom is 0.131 e. The summed E-state index contributed by atoms with van der Waals surface area (Å²) in [6.45, 7) is -0.308. The number of hydrogen-bond acceptors (Lipinski definition) is 3. The largest absolute Gasteiger partial charge is 0.496 e. The first-order chi connectivity index (χ1) is 6.20. The number of aliphatic hydroxyl groups excluding tert-OH is 1. The molecule has 1 atom stereocenters. The number of halogens is 2. The van der Waals surface area contributed by atoms with Crippen LogP contribution in [-0.4, -0.2) is 18.8 Å². The van der Waals surface area contributed by atoms with Crippen molar-refractivity contribution in [2.75, 3.05) is 13.7 Å². The third-order valence-electron chi connectivity index (χ3n) is 1.80. The molecule has 3 nitrogen and oxygen atoms in total. The molecule has 0 aliphatic rings. The summed E-state index contributed by atoms with van der Waals surface area (Å²) in [4.78, 5) is 0. The molecular weight excluding hydrogens is 209 g/mol. The van der Waals surface area contributed by atoms with Crippen LogP contribution in [0.25, 0.3) is 0 Å². The van der Waals surface area contributed by atoms with Crippen LogP contribution in [0.2, 0.25) is 0 Å². The minimum Gasteiger partial charge on any atom is -0.496 e. The van der Waals surface area contributed by atoms with Crippen LogP contribution < -0.4 is 10.5 Å². The third-order valence-corrected chi connectivity index (χ3v) is 1.80. The fourth-order valence-electron chi connectivity index (χ4n) is 1.15. The van der Waals surface area contributed by atoms with Crippen molar-refractivity contribution < 1.29 is 14.2 Å². The lowest BCUT2D eigenvalue weighted by molar-refractivity contribution is 0.261. The quantitative estimate of drug-likeness (QED) is 0.808. The Bertz CT molecular complexity index is 296. The van der Waals surface area contributed by atoms with Gasteiger partial charge in [-0.3, -0.25) is 0 Å². The van der Waals surface area contributed by atoms with Crippen LogP contribution in [0.5, 0.6) is 5.75 Å². The van der Waals surface area contributed by atoms with Crippen molar-refractivity contribution in [1.82, 2.24) is 0 Å². The van der Waals surface area contributed by atoms with E-state index in [-0.39, 0.29) is 24.6 Å². The van der Waals surface area contributed by atoms with E-state index in [1.807, 2.05) is 0 Å². The molecule has 14 heavy (non-hydrogen) atoms. The minimum absolute atomic E-state index is 0. The summed E-state index contributed by atoms with van der Waals surface area (Å²) < 4.78 is 18.1. The van der Waals surface area contributed by atoms with Gasteiger partial charge in [0.15, 0.2) is 0 Å². The molecule has 3 N–H and O–H groups in total. The van der Waals surface area contributed by atoms with Crippen LogP contribution in [0, 0.1) is 5.82 Å². The average molecular weight is 222 g/mol. The van der Waals surface area contributed by atoms with E-state index in [0.29, 0.717) is 5.75 Å². The number of hydrogen-bond donors (Lipinski definition) is 2. The van der Waals surface area contributed by atoms with E-state index in [2.05, 4.69) is 0 Å². The Morgan fingerprint density at radius 3 is 2.71 bits per heavy atom. The summed E-state index contributed by atoms with van der Waals surface area (Å²) in [6, 6.07) is 3.68. The maximum absolute atomic E-state index is 13.2. The summed E-state index contributed by atoms with van der Waals surface area (Å²) in [5.74, 6) is -0.0950. The minimum atomic E-state index is -0.740. The van der Waals surface area contributed by atoms with E-state index < -0.39 is 11.9 Å². The van der Waals surface area contributed by atoms with Gasteiger partial charge in [0.25, 0.3) is 0 Å². The van der Waals surface area contributed by atoms with Crippen LogP contribution >= 0.6 is 12.4 Å². The number of rotatable bonds is 3. The lowest BCUT2D eigenvalue weighted by atomic mass is 10.1. The highest BCUT2D eigenvalue weighted by atomic mass is 35.5. The molecule has 1 rings (SSSR count). The van der Waals surface area contributed by atoms with Crippen molar-refractivity contribution in [3.8, 4) is 5.75 Å². The second-order valence-electron chi connectivity index (χ2n) is 2.64. The Balaban J connectivity index is 0.00000169. The monoisotopic (exact) mass is 221 g/mol. The summed E-state index contributed by atoms with van der Waals surface area (Å²) in [5.41, 5.74) is 5.72. The van der Waals surface area contributed by atoms with Gasteiger partial charge in [0.2, 0.25) is 0 Å². The highest BCUT2D eigenvalue weighted by Crippen LogP contribution is 2.25. The predicted octanol–water partition coefficient (Wildman–Crippen LogP) is 1.25. The molecule has 5 heteroatoms. The van der Waals surface area contributed by atoms with Gasteiger partial charge in [-0.2, -0.15) is 0 Å².